The van der Waals surface area contributed by atoms with Crippen LogP contribution in [0.5, 0.6) is 0 Å². The second-order valence-corrected chi connectivity index (χ2v) is 5.19. The Kier molecular flexibility index (Phi) is 4.68. The van der Waals surface area contributed by atoms with Crippen molar-refractivity contribution < 1.29 is 16.8 Å². The van der Waals surface area contributed by atoms with E-state index in [1.165, 1.54) is 0 Å². The topological polar surface area (TPSA) is 52.6 Å². The van der Waals surface area contributed by atoms with Crippen molar-refractivity contribution in [1.29, 1.82) is 0 Å². The molecule has 0 radical (unpaired) electrons. The highest BCUT2D eigenvalue weighted by Crippen LogP contribution is 2.08. The fraction of sp³-hybridized carbons (Fsp3) is 0.143. The van der Waals surface area contributed by atoms with Crippen molar-refractivity contribution in [3.8, 4) is 0 Å². The molecule has 4 nitrogen and oxygen atoms in total. The molecule has 0 aromatic heterocycles. The molecule has 0 N–H and O–H groups in total. The highest BCUT2D eigenvalue weighted by atomic mass is 32.3. The van der Waals surface area contributed by atoms with Crippen LogP contribution in [-0.2, 0) is 32.0 Å². The summed E-state index contributed by atoms with van der Waals surface area (Å²) in [7, 11) is -3.98. The van der Waals surface area contributed by atoms with Crippen LogP contribution in [0, 0.1) is 0 Å². The van der Waals surface area contributed by atoms with E-state index in [1.54, 1.807) is 24.3 Å². The second-order valence-electron chi connectivity index (χ2n) is 3.90. The van der Waals surface area contributed by atoms with Crippen LogP contribution in [0.2, 0.25) is 0 Å². The van der Waals surface area contributed by atoms with E-state index >= 15 is 0 Å². The van der Waals surface area contributed by atoms with Gasteiger partial charge in [0, 0.05) is 0 Å². The standard InChI is InChI=1S/C14H14O4S/c15-19(16,17-11-13-7-3-1-4-8-13)18-12-14-9-5-2-6-10-14/h1-10H,11-12H2. The SMILES string of the molecule is O=S(=O)(OCc1ccccc1)OCc1ccccc1. The van der Waals surface area contributed by atoms with E-state index in [9.17, 15) is 8.42 Å². The minimum atomic E-state index is -3.98. The zero-order chi connectivity index (χ0) is 13.6. The first kappa shape index (κ1) is 13.7. The Morgan fingerprint density at radius 3 is 1.42 bits per heavy atom. The first-order valence-electron chi connectivity index (χ1n) is 5.77. The fourth-order valence-electron chi connectivity index (χ4n) is 1.46. The average Bonchev–Trinajstić information content (AvgIpc) is 2.46. The summed E-state index contributed by atoms with van der Waals surface area (Å²) in [5.74, 6) is 0. The monoisotopic (exact) mass is 278 g/mol. The van der Waals surface area contributed by atoms with Crippen LogP contribution in [0.4, 0.5) is 0 Å². The van der Waals surface area contributed by atoms with Crippen molar-refractivity contribution in [2.24, 2.45) is 0 Å². The highest BCUT2D eigenvalue weighted by molar-refractivity contribution is 7.81. The van der Waals surface area contributed by atoms with Gasteiger partial charge < -0.3 is 0 Å². The molecule has 0 aliphatic carbocycles. The molecule has 0 saturated carbocycles. The first-order valence-corrected chi connectivity index (χ1v) is 7.11. The van der Waals surface area contributed by atoms with Crippen LogP contribution in [-0.4, -0.2) is 8.42 Å². The average molecular weight is 278 g/mol. The predicted octanol–water partition coefficient (Wildman–Crippen LogP) is 2.66. The molecule has 0 heterocycles. The Bertz CT molecular complexity index is 544. The van der Waals surface area contributed by atoms with Crippen molar-refractivity contribution in [2.45, 2.75) is 13.2 Å². The van der Waals surface area contributed by atoms with Gasteiger partial charge in [0.2, 0.25) is 0 Å². The lowest BCUT2D eigenvalue weighted by atomic mass is 10.2. The maximum absolute atomic E-state index is 11.5. The minimum absolute atomic E-state index is 0.0298. The van der Waals surface area contributed by atoms with Crippen molar-refractivity contribution in [1.82, 2.24) is 0 Å². The highest BCUT2D eigenvalue weighted by Gasteiger charge is 2.12. The van der Waals surface area contributed by atoms with Gasteiger partial charge in [-0.1, -0.05) is 60.7 Å². The molecular weight excluding hydrogens is 264 g/mol. The predicted molar refractivity (Wildman–Crippen MR) is 71.4 cm³/mol. The molecule has 2 aromatic rings. The molecule has 0 fully saturated rings. The maximum atomic E-state index is 11.5. The van der Waals surface area contributed by atoms with E-state index in [2.05, 4.69) is 0 Å². The zero-order valence-electron chi connectivity index (χ0n) is 10.2. The molecule has 0 unspecified atom stereocenters. The summed E-state index contributed by atoms with van der Waals surface area (Å²) in [4.78, 5) is 0. The molecule has 19 heavy (non-hydrogen) atoms. The quantitative estimate of drug-likeness (QED) is 0.815. The molecule has 0 atom stereocenters. The Morgan fingerprint density at radius 1 is 0.684 bits per heavy atom. The molecule has 5 heteroatoms. The molecule has 0 aliphatic rings. The largest absolute Gasteiger partial charge is 0.400 e. The lowest BCUT2D eigenvalue weighted by molar-refractivity contribution is 0.202. The van der Waals surface area contributed by atoms with Gasteiger partial charge in [0.1, 0.15) is 0 Å². The molecule has 2 rings (SSSR count). The zero-order valence-corrected chi connectivity index (χ0v) is 11.0. The van der Waals surface area contributed by atoms with Gasteiger partial charge in [-0.2, -0.15) is 8.42 Å². The maximum Gasteiger partial charge on any atom is 0.400 e. The smallest absolute Gasteiger partial charge is 0.243 e. The molecule has 0 amide bonds. The number of rotatable bonds is 6. The van der Waals surface area contributed by atoms with Crippen molar-refractivity contribution >= 4 is 10.4 Å². The molecule has 0 aliphatic heterocycles. The van der Waals surface area contributed by atoms with E-state index < -0.39 is 10.4 Å². The summed E-state index contributed by atoms with van der Waals surface area (Å²) >= 11 is 0. The summed E-state index contributed by atoms with van der Waals surface area (Å²) in [6.07, 6.45) is 0. The van der Waals surface area contributed by atoms with Crippen LogP contribution in [0.25, 0.3) is 0 Å². The van der Waals surface area contributed by atoms with Gasteiger partial charge in [0.25, 0.3) is 0 Å². The van der Waals surface area contributed by atoms with Gasteiger partial charge in [-0.05, 0) is 11.1 Å². The van der Waals surface area contributed by atoms with E-state index in [0.29, 0.717) is 0 Å². The van der Waals surface area contributed by atoms with Gasteiger partial charge in [0.15, 0.2) is 0 Å². The summed E-state index contributed by atoms with van der Waals surface area (Å²) < 4.78 is 32.6. The Morgan fingerprint density at radius 2 is 1.05 bits per heavy atom. The first-order chi connectivity index (χ1) is 9.16. The van der Waals surface area contributed by atoms with Gasteiger partial charge in [-0.15, -0.1) is 0 Å². The van der Waals surface area contributed by atoms with Crippen LogP contribution < -0.4 is 0 Å². The number of benzene rings is 2. The molecule has 100 valence electrons. The molecular formula is C14H14O4S. The van der Waals surface area contributed by atoms with Crippen LogP contribution in [0.1, 0.15) is 11.1 Å². The Balaban J connectivity index is 1.86. The Labute approximate surface area is 112 Å². The number of hydrogen-bond acceptors (Lipinski definition) is 4. The van der Waals surface area contributed by atoms with Crippen molar-refractivity contribution in [2.75, 3.05) is 0 Å². The lowest BCUT2D eigenvalue weighted by Crippen LogP contribution is -2.10. The third-order valence-electron chi connectivity index (χ3n) is 2.43. The molecule has 2 aromatic carbocycles. The van der Waals surface area contributed by atoms with Gasteiger partial charge in [-0.3, -0.25) is 0 Å². The van der Waals surface area contributed by atoms with Gasteiger partial charge >= 0.3 is 10.4 Å². The third-order valence-corrected chi connectivity index (χ3v) is 3.24. The van der Waals surface area contributed by atoms with Crippen LogP contribution in [0.15, 0.2) is 60.7 Å². The third kappa shape index (κ3) is 4.82. The van der Waals surface area contributed by atoms with Crippen molar-refractivity contribution in [3.63, 3.8) is 0 Å². The van der Waals surface area contributed by atoms with Crippen LogP contribution >= 0.6 is 0 Å². The normalized spacial score (nSPS) is 11.4. The summed E-state index contributed by atoms with van der Waals surface area (Å²) in [6, 6.07) is 18.1. The number of hydrogen-bond donors (Lipinski definition) is 0. The summed E-state index contributed by atoms with van der Waals surface area (Å²) in [6.45, 7) is -0.0596. The van der Waals surface area contributed by atoms with E-state index in [1.807, 2.05) is 36.4 Å². The lowest BCUT2D eigenvalue weighted by Gasteiger charge is -2.06. The Hall–Kier alpha value is -1.69. The fourth-order valence-corrected chi connectivity index (χ4v) is 2.09. The van der Waals surface area contributed by atoms with Crippen LogP contribution in [0.3, 0.4) is 0 Å². The van der Waals surface area contributed by atoms with E-state index in [4.69, 9.17) is 8.37 Å². The summed E-state index contributed by atoms with van der Waals surface area (Å²) in [5, 5.41) is 0. The van der Waals surface area contributed by atoms with Crippen molar-refractivity contribution in [3.05, 3.63) is 71.8 Å². The minimum Gasteiger partial charge on any atom is -0.243 e. The van der Waals surface area contributed by atoms with E-state index in [0.717, 1.165) is 11.1 Å². The second kappa shape index (κ2) is 6.47. The van der Waals surface area contributed by atoms with Gasteiger partial charge in [-0.25, -0.2) is 8.37 Å². The van der Waals surface area contributed by atoms with Gasteiger partial charge in [0.05, 0.1) is 13.2 Å². The van der Waals surface area contributed by atoms with E-state index in [-0.39, 0.29) is 13.2 Å². The molecule has 0 bridgehead atoms. The molecule has 0 saturated heterocycles. The summed E-state index contributed by atoms with van der Waals surface area (Å²) in [5.41, 5.74) is 1.55. The molecule has 0 spiro atoms.